The second kappa shape index (κ2) is 6.67. The Morgan fingerprint density at radius 2 is 1.62 bits per heavy atom. The van der Waals surface area contributed by atoms with Gasteiger partial charge in [-0.2, -0.15) is 0 Å². The highest BCUT2D eigenvalue weighted by atomic mass is 32.2. The van der Waals surface area contributed by atoms with Crippen LogP contribution in [-0.2, 0) is 14.3 Å². The molecule has 2 bridgehead atoms. The Balaban J connectivity index is 1.52. The fourth-order valence-corrected chi connectivity index (χ4v) is 5.47. The highest BCUT2D eigenvalue weighted by molar-refractivity contribution is 7.99. The van der Waals surface area contributed by atoms with E-state index in [4.69, 9.17) is 4.74 Å². The van der Waals surface area contributed by atoms with Gasteiger partial charge in [0.15, 0.2) is 0 Å². The molecule has 0 aromatic heterocycles. The summed E-state index contributed by atoms with van der Waals surface area (Å²) >= 11 is 1.36. The number of benzene rings is 2. The third kappa shape index (κ3) is 2.94. The molecule has 3 aliphatic heterocycles. The number of nitro groups is 1. The summed E-state index contributed by atoms with van der Waals surface area (Å²) < 4.78 is 5.76. The Labute approximate surface area is 171 Å². The van der Waals surface area contributed by atoms with E-state index >= 15 is 0 Å². The molecule has 5 rings (SSSR count). The zero-order chi connectivity index (χ0) is 20.3. The lowest BCUT2D eigenvalue weighted by Gasteiger charge is -2.18. The average molecular weight is 410 g/mol. The highest BCUT2D eigenvalue weighted by Crippen LogP contribution is 2.50. The van der Waals surface area contributed by atoms with Gasteiger partial charge in [-0.25, -0.2) is 4.90 Å². The van der Waals surface area contributed by atoms with Crippen LogP contribution in [0.1, 0.15) is 18.4 Å². The van der Waals surface area contributed by atoms with E-state index in [2.05, 4.69) is 0 Å². The molecule has 3 saturated heterocycles. The number of ether oxygens (including phenoxy) is 1. The van der Waals surface area contributed by atoms with E-state index in [-0.39, 0.29) is 35.4 Å². The second-order valence-electron chi connectivity index (χ2n) is 7.71. The van der Waals surface area contributed by atoms with Crippen molar-refractivity contribution in [1.29, 1.82) is 0 Å². The fraction of sp³-hybridized carbons (Fsp3) is 0.333. The molecule has 3 fully saturated rings. The molecule has 4 atom stereocenters. The van der Waals surface area contributed by atoms with Gasteiger partial charge in [0, 0.05) is 21.9 Å². The SMILES string of the molecule is Cc1ccc(Sc2cc(N3C(=O)[C@@H]4[C@H](C3=O)[C@H]3CC[C@@H]4O3)cc([N+](=O)[O-])c2)cc1. The van der Waals surface area contributed by atoms with Gasteiger partial charge in [0.05, 0.1) is 34.7 Å². The molecule has 2 aromatic carbocycles. The quantitative estimate of drug-likeness (QED) is 0.434. The number of carbonyl (C=O) groups excluding carboxylic acids is 2. The third-order valence-electron chi connectivity index (χ3n) is 5.89. The number of anilines is 1. The van der Waals surface area contributed by atoms with Crippen molar-refractivity contribution in [2.75, 3.05) is 4.90 Å². The summed E-state index contributed by atoms with van der Waals surface area (Å²) in [4.78, 5) is 39.7. The number of hydrogen-bond donors (Lipinski definition) is 0. The highest BCUT2D eigenvalue weighted by Gasteiger charge is 2.62. The first-order valence-corrected chi connectivity index (χ1v) is 10.3. The minimum absolute atomic E-state index is 0.144. The van der Waals surface area contributed by atoms with Crippen molar-refractivity contribution < 1.29 is 19.2 Å². The Kier molecular flexibility index (Phi) is 4.22. The lowest BCUT2D eigenvalue weighted by Crippen LogP contribution is -2.34. The monoisotopic (exact) mass is 410 g/mol. The van der Waals surface area contributed by atoms with E-state index in [0.29, 0.717) is 4.90 Å². The maximum atomic E-state index is 13.0. The number of nitrogens with zero attached hydrogens (tertiary/aromatic N) is 2. The van der Waals surface area contributed by atoms with Gasteiger partial charge in [0.2, 0.25) is 11.8 Å². The van der Waals surface area contributed by atoms with Crippen LogP contribution in [0, 0.1) is 28.9 Å². The summed E-state index contributed by atoms with van der Waals surface area (Å²) in [6.07, 6.45) is 1.13. The summed E-state index contributed by atoms with van der Waals surface area (Å²) in [7, 11) is 0. The predicted octanol–water partition coefficient (Wildman–Crippen LogP) is 3.72. The Bertz CT molecular complexity index is 1010. The molecule has 0 radical (unpaired) electrons. The molecule has 2 amide bonds. The fourth-order valence-electron chi connectivity index (χ4n) is 4.57. The molecule has 0 aliphatic carbocycles. The van der Waals surface area contributed by atoms with Crippen LogP contribution < -0.4 is 4.90 Å². The molecule has 7 nitrogen and oxygen atoms in total. The number of rotatable bonds is 4. The molecule has 3 heterocycles. The molecule has 0 spiro atoms. The van der Waals surface area contributed by atoms with Crippen molar-refractivity contribution in [2.45, 2.75) is 41.8 Å². The first-order valence-electron chi connectivity index (χ1n) is 9.49. The van der Waals surface area contributed by atoms with Crippen molar-refractivity contribution in [3.05, 3.63) is 58.1 Å². The van der Waals surface area contributed by atoms with Crippen LogP contribution in [0.5, 0.6) is 0 Å². The smallest absolute Gasteiger partial charge is 0.272 e. The summed E-state index contributed by atoms with van der Waals surface area (Å²) in [5.41, 5.74) is 1.23. The van der Waals surface area contributed by atoms with Crippen LogP contribution in [0.4, 0.5) is 11.4 Å². The van der Waals surface area contributed by atoms with Crippen molar-refractivity contribution in [3.63, 3.8) is 0 Å². The van der Waals surface area contributed by atoms with Crippen molar-refractivity contribution in [1.82, 2.24) is 0 Å². The summed E-state index contributed by atoms with van der Waals surface area (Å²) in [6, 6.07) is 12.2. The molecule has 148 valence electrons. The molecule has 29 heavy (non-hydrogen) atoms. The van der Waals surface area contributed by atoms with Crippen LogP contribution in [-0.4, -0.2) is 28.9 Å². The summed E-state index contributed by atoms with van der Waals surface area (Å²) in [5, 5.41) is 11.5. The first kappa shape index (κ1) is 18.3. The predicted molar refractivity (Wildman–Crippen MR) is 106 cm³/mol. The lowest BCUT2D eigenvalue weighted by atomic mass is 9.81. The van der Waals surface area contributed by atoms with Gasteiger partial charge in [0.25, 0.3) is 5.69 Å². The topological polar surface area (TPSA) is 89.8 Å². The number of imide groups is 1. The maximum Gasteiger partial charge on any atom is 0.272 e. The van der Waals surface area contributed by atoms with Crippen molar-refractivity contribution >= 4 is 35.0 Å². The Hall–Kier alpha value is -2.71. The zero-order valence-electron chi connectivity index (χ0n) is 15.6. The molecule has 8 heteroatoms. The number of fused-ring (bicyclic) bond motifs is 5. The van der Waals surface area contributed by atoms with E-state index in [1.165, 1.54) is 23.9 Å². The maximum absolute atomic E-state index is 13.0. The Morgan fingerprint density at radius 3 is 2.21 bits per heavy atom. The number of carbonyl (C=O) groups is 2. The third-order valence-corrected chi connectivity index (χ3v) is 6.87. The van der Waals surface area contributed by atoms with Crippen molar-refractivity contribution in [2.24, 2.45) is 11.8 Å². The minimum atomic E-state index is -0.499. The van der Waals surface area contributed by atoms with Crippen LogP contribution in [0.3, 0.4) is 0 Å². The summed E-state index contributed by atoms with van der Waals surface area (Å²) in [6.45, 7) is 1.98. The van der Waals surface area contributed by atoms with Crippen molar-refractivity contribution in [3.8, 4) is 0 Å². The molecule has 0 saturated carbocycles. The standard InChI is InChI=1S/C21H18N2O5S/c1-11-2-4-14(5-3-11)29-15-9-12(8-13(10-15)23(26)27)22-20(24)18-16-6-7-17(28-16)19(18)21(22)25/h2-5,8-10,16-19H,6-7H2,1H3/t16-,17+,18-,19+. The first-order chi connectivity index (χ1) is 13.9. The van der Waals surface area contributed by atoms with Gasteiger partial charge in [-0.1, -0.05) is 29.5 Å². The largest absolute Gasteiger partial charge is 0.373 e. The van der Waals surface area contributed by atoms with Crippen LogP contribution in [0.2, 0.25) is 0 Å². The van der Waals surface area contributed by atoms with Gasteiger partial charge < -0.3 is 4.74 Å². The number of hydrogen-bond acceptors (Lipinski definition) is 6. The van der Waals surface area contributed by atoms with E-state index in [1.54, 1.807) is 6.07 Å². The van der Waals surface area contributed by atoms with Crippen LogP contribution in [0.15, 0.2) is 52.3 Å². The number of amides is 2. The molecular formula is C21H18N2O5S. The van der Waals surface area contributed by atoms with Gasteiger partial charge in [-0.3, -0.25) is 19.7 Å². The number of non-ortho nitro benzene ring substituents is 1. The van der Waals surface area contributed by atoms with E-state index in [0.717, 1.165) is 28.2 Å². The second-order valence-corrected chi connectivity index (χ2v) is 8.86. The molecule has 0 unspecified atom stereocenters. The average Bonchev–Trinajstić information content (AvgIpc) is 3.37. The lowest BCUT2D eigenvalue weighted by molar-refractivity contribution is -0.385. The van der Waals surface area contributed by atoms with Gasteiger partial charge in [-0.15, -0.1) is 0 Å². The molecule has 2 aromatic rings. The van der Waals surface area contributed by atoms with E-state index < -0.39 is 16.8 Å². The summed E-state index contributed by atoms with van der Waals surface area (Å²) in [5.74, 6) is -1.54. The van der Waals surface area contributed by atoms with Gasteiger partial charge in [-0.05, 0) is 38.0 Å². The molecular weight excluding hydrogens is 392 g/mol. The minimum Gasteiger partial charge on any atom is -0.373 e. The zero-order valence-corrected chi connectivity index (χ0v) is 16.4. The van der Waals surface area contributed by atoms with Crippen LogP contribution in [0.25, 0.3) is 0 Å². The normalized spacial score (nSPS) is 27.6. The molecule has 3 aliphatic rings. The number of nitro benzene ring substituents is 1. The van der Waals surface area contributed by atoms with E-state index in [1.807, 2.05) is 31.2 Å². The van der Waals surface area contributed by atoms with Gasteiger partial charge >= 0.3 is 0 Å². The number of aryl methyl sites for hydroxylation is 1. The van der Waals surface area contributed by atoms with E-state index in [9.17, 15) is 19.7 Å². The van der Waals surface area contributed by atoms with Crippen LogP contribution >= 0.6 is 11.8 Å². The molecule has 0 N–H and O–H groups in total. The van der Waals surface area contributed by atoms with Gasteiger partial charge in [0.1, 0.15) is 0 Å². The Morgan fingerprint density at radius 1 is 1.00 bits per heavy atom.